The monoisotopic (exact) mass is 446 g/mol. The summed E-state index contributed by atoms with van der Waals surface area (Å²) in [7, 11) is 0. The smallest absolute Gasteiger partial charge is 0.276 e. The average Bonchev–Trinajstić information content (AvgIpc) is 3.43. The molecular weight excluding hydrogens is 423 g/mol. The van der Waals surface area contributed by atoms with Crippen LogP contribution in [0.1, 0.15) is 29.9 Å². The van der Waals surface area contributed by atoms with Crippen molar-refractivity contribution in [3.8, 4) is 5.69 Å². The SMILES string of the molecule is CC(C)C(=O)Nc1cc(C(=O)Nc2cnn(Cc3ccc(F)cc3)c2)nn1-c1ccccc1. The Morgan fingerprint density at radius 1 is 1.03 bits per heavy atom. The number of carbonyl (C=O) groups is 2. The summed E-state index contributed by atoms with van der Waals surface area (Å²) in [6.07, 6.45) is 3.20. The third kappa shape index (κ3) is 5.32. The summed E-state index contributed by atoms with van der Waals surface area (Å²) in [6.45, 7) is 4.01. The van der Waals surface area contributed by atoms with Gasteiger partial charge in [0.05, 0.1) is 24.1 Å². The highest BCUT2D eigenvalue weighted by atomic mass is 19.1. The number of carbonyl (C=O) groups excluding carboxylic acids is 2. The fourth-order valence-electron chi connectivity index (χ4n) is 3.10. The number of anilines is 2. The molecule has 2 aromatic carbocycles. The van der Waals surface area contributed by atoms with Gasteiger partial charge in [-0.3, -0.25) is 14.3 Å². The van der Waals surface area contributed by atoms with Crippen LogP contribution < -0.4 is 10.6 Å². The maximum atomic E-state index is 13.1. The molecule has 2 heterocycles. The second-order valence-corrected chi connectivity index (χ2v) is 7.81. The van der Waals surface area contributed by atoms with Gasteiger partial charge in [0.25, 0.3) is 5.91 Å². The summed E-state index contributed by atoms with van der Waals surface area (Å²) < 4.78 is 16.2. The van der Waals surface area contributed by atoms with Crippen molar-refractivity contribution >= 4 is 23.3 Å². The van der Waals surface area contributed by atoms with E-state index in [1.54, 1.807) is 36.9 Å². The molecule has 0 radical (unpaired) electrons. The minimum absolute atomic E-state index is 0.143. The van der Waals surface area contributed by atoms with E-state index in [-0.39, 0.29) is 23.3 Å². The van der Waals surface area contributed by atoms with Gasteiger partial charge in [0.2, 0.25) is 5.91 Å². The first-order valence-corrected chi connectivity index (χ1v) is 10.4. The number of nitrogens with zero attached hydrogens (tertiary/aromatic N) is 4. The number of aromatic nitrogens is 4. The Kier molecular flexibility index (Phi) is 6.30. The Hall–Kier alpha value is -4.27. The number of hydrogen-bond donors (Lipinski definition) is 2. The van der Waals surface area contributed by atoms with Crippen LogP contribution in [0.25, 0.3) is 5.69 Å². The Morgan fingerprint density at radius 3 is 2.45 bits per heavy atom. The summed E-state index contributed by atoms with van der Waals surface area (Å²) in [4.78, 5) is 25.1. The molecule has 2 aromatic heterocycles. The van der Waals surface area contributed by atoms with E-state index in [2.05, 4.69) is 20.8 Å². The molecule has 2 N–H and O–H groups in total. The number of para-hydroxylation sites is 1. The van der Waals surface area contributed by atoms with Crippen molar-refractivity contribution in [3.63, 3.8) is 0 Å². The number of nitrogens with one attached hydrogen (secondary N) is 2. The van der Waals surface area contributed by atoms with E-state index >= 15 is 0 Å². The van der Waals surface area contributed by atoms with Crippen molar-refractivity contribution in [2.24, 2.45) is 5.92 Å². The van der Waals surface area contributed by atoms with Crippen LogP contribution in [-0.2, 0) is 11.3 Å². The molecule has 2 amide bonds. The molecule has 9 heteroatoms. The molecule has 0 aliphatic rings. The summed E-state index contributed by atoms with van der Waals surface area (Å²) >= 11 is 0. The van der Waals surface area contributed by atoms with Crippen LogP contribution in [0.15, 0.2) is 73.1 Å². The second kappa shape index (κ2) is 9.47. The van der Waals surface area contributed by atoms with E-state index in [0.717, 1.165) is 5.56 Å². The Labute approximate surface area is 190 Å². The van der Waals surface area contributed by atoms with Gasteiger partial charge < -0.3 is 10.6 Å². The van der Waals surface area contributed by atoms with Crippen molar-refractivity contribution in [1.29, 1.82) is 0 Å². The van der Waals surface area contributed by atoms with Gasteiger partial charge >= 0.3 is 0 Å². The first-order valence-electron chi connectivity index (χ1n) is 10.4. The zero-order chi connectivity index (χ0) is 23.4. The lowest BCUT2D eigenvalue weighted by atomic mass is 10.2. The van der Waals surface area contributed by atoms with Crippen LogP contribution >= 0.6 is 0 Å². The normalized spacial score (nSPS) is 10.9. The highest BCUT2D eigenvalue weighted by Gasteiger charge is 2.19. The van der Waals surface area contributed by atoms with E-state index in [1.807, 2.05) is 30.3 Å². The largest absolute Gasteiger partial charge is 0.318 e. The first kappa shape index (κ1) is 21.9. The molecule has 0 saturated carbocycles. The average molecular weight is 446 g/mol. The molecule has 33 heavy (non-hydrogen) atoms. The first-order chi connectivity index (χ1) is 15.9. The maximum absolute atomic E-state index is 13.1. The van der Waals surface area contributed by atoms with Crippen LogP contribution in [0.2, 0.25) is 0 Å². The van der Waals surface area contributed by atoms with Gasteiger partial charge in [-0.1, -0.05) is 44.2 Å². The number of benzene rings is 2. The quantitative estimate of drug-likeness (QED) is 0.447. The predicted octanol–water partition coefficient (Wildman–Crippen LogP) is 4.10. The minimum atomic E-state index is -0.439. The fraction of sp³-hybridized carbons (Fsp3) is 0.167. The lowest BCUT2D eigenvalue weighted by molar-refractivity contribution is -0.118. The van der Waals surface area contributed by atoms with Crippen LogP contribution in [-0.4, -0.2) is 31.4 Å². The third-order valence-corrected chi connectivity index (χ3v) is 4.87. The van der Waals surface area contributed by atoms with E-state index in [1.165, 1.54) is 29.1 Å². The number of halogens is 1. The summed E-state index contributed by atoms with van der Waals surface area (Å²) in [5.74, 6) is -0.747. The lowest BCUT2D eigenvalue weighted by Gasteiger charge is -2.10. The van der Waals surface area contributed by atoms with Crippen LogP contribution in [0.5, 0.6) is 0 Å². The van der Waals surface area contributed by atoms with Gasteiger partial charge in [0.1, 0.15) is 11.6 Å². The molecule has 4 aromatic rings. The Morgan fingerprint density at radius 2 is 1.76 bits per heavy atom. The molecule has 0 aliphatic carbocycles. The highest BCUT2D eigenvalue weighted by Crippen LogP contribution is 2.19. The van der Waals surface area contributed by atoms with E-state index in [0.29, 0.717) is 23.7 Å². The minimum Gasteiger partial charge on any atom is -0.318 e. The zero-order valence-corrected chi connectivity index (χ0v) is 18.2. The number of rotatable bonds is 7. The van der Waals surface area contributed by atoms with E-state index in [9.17, 15) is 14.0 Å². The van der Waals surface area contributed by atoms with Crippen molar-refractivity contribution in [1.82, 2.24) is 19.6 Å². The van der Waals surface area contributed by atoms with Gasteiger partial charge in [0, 0.05) is 18.2 Å². The van der Waals surface area contributed by atoms with Crippen LogP contribution in [0.3, 0.4) is 0 Å². The van der Waals surface area contributed by atoms with Crippen LogP contribution in [0.4, 0.5) is 15.9 Å². The Balaban J connectivity index is 1.52. The van der Waals surface area contributed by atoms with Crippen LogP contribution in [0, 0.1) is 11.7 Å². The molecule has 0 fully saturated rings. The molecule has 0 unspecified atom stereocenters. The Bertz CT molecular complexity index is 1260. The van der Waals surface area contributed by atoms with Crippen molar-refractivity contribution < 1.29 is 14.0 Å². The highest BCUT2D eigenvalue weighted by molar-refractivity contribution is 6.04. The van der Waals surface area contributed by atoms with Crippen molar-refractivity contribution in [2.75, 3.05) is 10.6 Å². The molecule has 168 valence electrons. The lowest BCUT2D eigenvalue weighted by Crippen LogP contribution is -2.19. The van der Waals surface area contributed by atoms with Gasteiger partial charge in [-0.25, -0.2) is 9.07 Å². The molecule has 0 aliphatic heterocycles. The topological polar surface area (TPSA) is 93.8 Å². The summed E-state index contributed by atoms with van der Waals surface area (Å²) in [5, 5.41) is 14.2. The maximum Gasteiger partial charge on any atom is 0.276 e. The molecule has 0 bridgehead atoms. The molecule has 0 spiro atoms. The molecule has 0 saturated heterocycles. The van der Waals surface area contributed by atoms with E-state index in [4.69, 9.17) is 0 Å². The molecule has 4 rings (SSSR count). The standard InChI is InChI=1S/C24H23FN6O2/c1-16(2)23(32)28-22-12-21(29-31(22)20-6-4-3-5-7-20)24(33)27-19-13-26-30(15-19)14-17-8-10-18(25)11-9-17/h3-13,15-16H,14H2,1-2H3,(H,27,33)(H,28,32). The second-order valence-electron chi connectivity index (χ2n) is 7.81. The van der Waals surface area contributed by atoms with Crippen molar-refractivity contribution in [3.05, 3.63) is 90.1 Å². The number of hydrogen-bond acceptors (Lipinski definition) is 4. The van der Waals surface area contributed by atoms with Gasteiger partial charge in [0.15, 0.2) is 5.69 Å². The van der Waals surface area contributed by atoms with Gasteiger partial charge in [-0.15, -0.1) is 0 Å². The van der Waals surface area contributed by atoms with Crippen molar-refractivity contribution in [2.45, 2.75) is 20.4 Å². The third-order valence-electron chi connectivity index (χ3n) is 4.87. The molecular formula is C24H23FN6O2. The predicted molar refractivity (Wildman–Crippen MR) is 123 cm³/mol. The molecule has 8 nitrogen and oxygen atoms in total. The fourth-order valence-corrected chi connectivity index (χ4v) is 3.10. The van der Waals surface area contributed by atoms with E-state index < -0.39 is 5.91 Å². The summed E-state index contributed by atoms with van der Waals surface area (Å²) in [6, 6.07) is 16.9. The van der Waals surface area contributed by atoms with Gasteiger partial charge in [-0.05, 0) is 29.8 Å². The molecule has 0 atom stereocenters. The number of amides is 2. The zero-order valence-electron chi connectivity index (χ0n) is 18.2. The summed E-state index contributed by atoms with van der Waals surface area (Å²) in [5.41, 5.74) is 2.22. The van der Waals surface area contributed by atoms with Gasteiger partial charge in [-0.2, -0.15) is 10.2 Å².